The van der Waals surface area contributed by atoms with E-state index in [1.165, 1.54) is 11.3 Å². The molecule has 0 saturated carbocycles. The van der Waals surface area contributed by atoms with Crippen LogP contribution in [0, 0.1) is 6.07 Å². The summed E-state index contributed by atoms with van der Waals surface area (Å²) in [6, 6.07) is 15.6. The Morgan fingerprint density at radius 2 is 2.06 bits per heavy atom. The second-order valence-electron chi connectivity index (χ2n) is 4.37. The zero-order valence-electron chi connectivity index (χ0n) is 9.63. The molecule has 0 N–H and O–H groups in total. The van der Waals surface area contributed by atoms with Crippen molar-refractivity contribution in [2.75, 3.05) is 11.4 Å². The van der Waals surface area contributed by atoms with E-state index < -0.39 is 0 Å². The average molecular weight is 236 g/mol. The largest absolute Gasteiger partial charge is 0.340 e. The Kier molecular flexibility index (Phi) is 1.91. The number of fused-ring (bicyclic) bond motifs is 2. The lowest BCUT2D eigenvalue weighted by atomic mass is 10.2. The van der Waals surface area contributed by atoms with Crippen molar-refractivity contribution >= 4 is 22.4 Å². The molecule has 0 saturated heterocycles. The molecule has 4 heteroatoms. The van der Waals surface area contributed by atoms with Crippen LogP contribution in [0.2, 0.25) is 0 Å². The number of benzene rings is 2. The fraction of sp³-hybridized carbons (Fsp3) is 0.143. The molecule has 1 aromatic heterocycles. The summed E-state index contributed by atoms with van der Waals surface area (Å²) >= 11 is 0. The van der Waals surface area contributed by atoms with Gasteiger partial charge >= 0.3 is 0 Å². The molecule has 1 aliphatic heterocycles. The minimum atomic E-state index is 0.678. The number of nitrogens with zero attached hydrogens (tertiary/aromatic N) is 3. The van der Waals surface area contributed by atoms with Crippen molar-refractivity contribution < 1.29 is 4.63 Å². The van der Waals surface area contributed by atoms with Crippen LogP contribution in [0.4, 0.5) is 11.4 Å². The van der Waals surface area contributed by atoms with Crippen LogP contribution in [0.5, 0.6) is 0 Å². The molecule has 2 heterocycles. The number of hydrogen-bond donors (Lipinski definition) is 0. The van der Waals surface area contributed by atoms with Crippen molar-refractivity contribution in [1.29, 1.82) is 0 Å². The maximum Gasteiger partial charge on any atom is 0.145 e. The van der Waals surface area contributed by atoms with E-state index in [4.69, 9.17) is 4.63 Å². The van der Waals surface area contributed by atoms with Gasteiger partial charge in [-0.05, 0) is 40.5 Å². The van der Waals surface area contributed by atoms with Gasteiger partial charge in [0.05, 0.1) is 5.69 Å². The van der Waals surface area contributed by atoms with E-state index in [0.717, 1.165) is 24.2 Å². The van der Waals surface area contributed by atoms with Crippen LogP contribution in [0.3, 0.4) is 0 Å². The molecular formula is C14H10N3O. The first-order valence-corrected chi connectivity index (χ1v) is 5.92. The Labute approximate surface area is 104 Å². The Morgan fingerprint density at radius 3 is 3.06 bits per heavy atom. The number of para-hydroxylation sites is 1. The third-order valence-electron chi connectivity index (χ3n) is 3.34. The van der Waals surface area contributed by atoms with Gasteiger partial charge in [0.25, 0.3) is 0 Å². The molecule has 3 aromatic rings. The van der Waals surface area contributed by atoms with Crippen molar-refractivity contribution in [2.45, 2.75) is 6.42 Å². The van der Waals surface area contributed by atoms with Crippen molar-refractivity contribution in [1.82, 2.24) is 10.3 Å². The quantitative estimate of drug-likeness (QED) is 0.651. The minimum Gasteiger partial charge on any atom is -0.340 e. The predicted octanol–water partition coefficient (Wildman–Crippen LogP) is 2.72. The SMILES string of the molecule is [c]1c(N2CCc3ccccc32)ccc2nonc12. The van der Waals surface area contributed by atoms with Crippen LogP contribution < -0.4 is 4.90 Å². The predicted molar refractivity (Wildman–Crippen MR) is 67.8 cm³/mol. The number of rotatable bonds is 1. The molecule has 0 aliphatic carbocycles. The van der Waals surface area contributed by atoms with E-state index in [-0.39, 0.29) is 0 Å². The molecule has 1 radical (unpaired) electrons. The lowest BCUT2D eigenvalue weighted by Gasteiger charge is -2.18. The molecular weight excluding hydrogens is 226 g/mol. The van der Waals surface area contributed by atoms with Gasteiger partial charge in [-0.2, -0.15) is 0 Å². The van der Waals surface area contributed by atoms with Crippen LogP contribution in [-0.4, -0.2) is 16.9 Å². The first-order valence-electron chi connectivity index (χ1n) is 5.92. The normalized spacial score (nSPS) is 14.1. The van der Waals surface area contributed by atoms with Gasteiger partial charge in [-0.25, -0.2) is 4.63 Å². The Hall–Kier alpha value is -2.36. The van der Waals surface area contributed by atoms with E-state index in [0.29, 0.717) is 5.52 Å². The molecule has 0 atom stereocenters. The van der Waals surface area contributed by atoms with E-state index in [9.17, 15) is 0 Å². The maximum absolute atomic E-state index is 4.70. The van der Waals surface area contributed by atoms with Crippen molar-refractivity contribution in [2.24, 2.45) is 0 Å². The summed E-state index contributed by atoms with van der Waals surface area (Å²) in [6.07, 6.45) is 1.07. The highest BCUT2D eigenvalue weighted by Gasteiger charge is 2.20. The van der Waals surface area contributed by atoms with Crippen LogP contribution >= 0.6 is 0 Å². The molecule has 1 aliphatic rings. The van der Waals surface area contributed by atoms with E-state index in [1.807, 2.05) is 12.1 Å². The monoisotopic (exact) mass is 236 g/mol. The van der Waals surface area contributed by atoms with E-state index >= 15 is 0 Å². The number of hydrogen-bond acceptors (Lipinski definition) is 4. The molecule has 18 heavy (non-hydrogen) atoms. The third kappa shape index (κ3) is 1.32. The number of aromatic nitrogens is 2. The summed E-state index contributed by atoms with van der Waals surface area (Å²) in [4.78, 5) is 2.25. The molecule has 2 aromatic carbocycles. The van der Waals surface area contributed by atoms with Gasteiger partial charge in [-0.15, -0.1) is 0 Å². The fourth-order valence-electron chi connectivity index (χ4n) is 2.46. The molecule has 0 spiro atoms. The summed E-state index contributed by atoms with van der Waals surface area (Å²) in [6.45, 7) is 0.979. The van der Waals surface area contributed by atoms with Gasteiger partial charge in [0.1, 0.15) is 11.0 Å². The van der Waals surface area contributed by atoms with Crippen LogP contribution in [0.15, 0.2) is 41.0 Å². The zero-order valence-corrected chi connectivity index (χ0v) is 9.63. The van der Waals surface area contributed by atoms with Gasteiger partial charge in [-0.3, -0.25) is 0 Å². The first-order chi connectivity index (χ1) is 8.92. The Balaban J connectivity index is 1.84. The van der Waals surface area contributed by atoms with Gasteiger partial charge in [-0.1, -0.05) is 18.2 Å². The maximum atomic E-state index is 4.70. The van der Waals surface area contributed by atoms with E-state index in [2.05, 4.69) is 45.5 Å². The lowest BCUT2D eigenvalue weighted by molar-refractivity contribution is 0.315. The standard InChI is InChI=1S/C14H10N3O/c1-2-4-14-10(3-1)7-8-17(14)11-5-6-12-13(9-11)16-18-15-12/h1-6H,7-8H2. The summed E-state index contributed by atoms with van der Waals surface area (Å²) < 4.78 is 4.70. The second kappa shape index (κ2) is 3.57. The zero-order chi connectivity index (χ0) is 11.9. The van der Waals surface area contributed by atoms with Crippen LogP contribution in [0.1, 0.15) is 5.56 Å². The molecule has 0 bridgehead atoms. The highest BCUT2D eigenvalue weighted by atomic mass is 16.6. The summed E-state index contributed by atoms with van der Waals surface area (Å²) in [5.41, 5.74) is 5.07. The van der Waals surface area contributed by atoms with Crippen molar-refractivity contribution in [3.63, 3.8) is 0 Å². The molecule has 0 unspecified atom stereocenters. The topological polar surface area (TPSA) is 42.2 Å². The smallest absolute Gasteiger partial charge is 0.145 e. The fourth-order valence-corrected chi connectivity index (χ4v) is 2.46. The summed E-state index contributed by atoms with van der Waals surface area (Å²) in [7, 11) is 0. The molecule has 87 valence electrons. The van der Waals surface area contributed by atoms with Gasteiger partial charge in [0, 0.05) is 18.3 Å². The molecule has 4 rings (SSSR count). The van der Waals surface area contributed by atoms with Crippen molar-refractivity contribution in [3.8, 4) is 0 Å². The first kappa shape index (κ1) is 9.65. The molecule has 0 fully saturated rings. The molecule has 0 amide bonds. The van der Waals surface area contributed by atoms with Crippen LogP contribution in [0.25, 0.3) is 11.0 Å². The summed E-state index contributed by atoms with van der Waals surface area (Å²) in [5, 5.41) is 7.63. The third-order valence-corrected chi connectivity index (χ3v) is 3.34. The highest BCUT2D eigenvalue weighted by molar-refractivity contribution is 5.80. The van der Waals surface area contributed by atoms with Crippen LogP contribution in [-0.2, 0) is 6.42 Å². The number of anilines is 2. The minimum absolute atomic E-state index is 0.678. The Morgan fingerprint density at radius 1 is 1.11 bits per heavy atom. The van der Waals surface area contributed by atoms with Gasteiger partial charge in [0.15, 0.2) is 0 Å². The van der Waals surface area contributed by atoms with Gasteiger partial charge < -0.3 is 4.90 Å². The van der Waals surface area contributed by atoms with Crippen molar-refractivity contribution in [3.05, 3.63) is 48.0 Å². The summed E-state index contributed by atoms with van der Waals surface area (Å²) in [5.74, 6) is 0. The van der Waals surface area contributed by atoms with E-state index in [1.54, 1.807) is 0 Å². The van der Waals surface area contributed by atoms with Gasteiger partial charge in [0.2, 0.25) is 0 Å². The average Bonchev–Trinajstić information content (AvgIpc) is 3.04. The Bertz CT molecular complexity index is 720. The highest BCUT2D eigenvalue weighted by Crippen LogP contribution is 2.34. The lowest BCUT2D eigenvalue weighted by Crippen LogP contribution is -2.13. The second-order valence-corrected chi connectivity index (χ2v) is 4.37. The molecule has 4 nitrogen and oxygen atoms in total.